The third-order valence-corrected chi connectivity index (χ3v) is 4.09. The lowest BCUT2D eigenvalue weighted by atomic mass is 10.0. The number of carbonyl (C=O) groups is 1. The Morgan fingerprint density at radius 3 is 2.15 bits per heavy atom. The Morgan fingerprint density at radius 1 is 0.852 bits per heavy atom. The summed E-state index contributed by atoms with van der Waals surface area (Å²) >= 11 is 0. The average molecular weight is 362 g/mol. The van der Waals surface area contributed by atoms with E-state index >= 15 is 0 Å². The topological polar surface area (TPSA) is 59.6 Å². The highest BCUT2D eigenvalue weighted by Gasteiger charge is 2.08. The SMILES string of the molecule is COc1cc(NC(=O)CNc2ccccc2-c2ccccc2)cc(OC)c1. The van der Waals surface area contributed by atoms with Crippen molar-refractivity contribution in [1.82, 2.24) is 0 Å². The van der Waals surface area contributed by atoms with Crippen molar-refractivity contribution < 1.29 is 14.3 Å². The van der Waals surface area contributed by atoms with E-state index in [9.17, 15) is 4.79 Å². The summed E-state index contributed by atoms with van der Waals surface area (Å²) in [5.41, 5.74) is 3.67. The highest BCUT2D eigenvalue weighted by atomic mass is 16.5. The van der Waals surface area contributed by atoms with E-state index in [0.29, 0.717) is 17.2 Å². The van der Waals surface area contributed by atoms with Crippen LogP contribution in [-0.2, 0) is 4.79 Å². The number of anilines is 2. The molecule has 0 saturated heterocycles. The Kier molecular flexibility index (Phi) is 5.94. The van der Waals surface area contributed by atoms with Crippen molar-refractivity contribution >= 4 is 17.3 Å². The highest BCUT2D eigenvalue weighted by molar-refractivity contribution is 5.95. The van der Waals surface area contributed by atoms with Crippen molar-refractivity contribution in [3.05, 3.63) is 72.8 Å². The first-order chi connectivity index (χ1) is 13.2. The summed E-state index contributed by atoms with van der Waals surface area (Å²) in [7, 11) is 3.14. The molecule has 0 radical (unpaired) electrons. The zero-order valence-electron chi connectivity index (χ0n) is 15.4. The number of hydrogen-bond acceptors (Lipinski definition) is 4. The zero-order valence-corrected chi connectivity index (χ0v) is 15.4. The number of para-hydroxylation sites is 1. The van der Waals surface area contributed by atoms with Gasteiger partial charge in [-0.3, -0.25) is 4.79 Å². The lowest BCUT2D eigenvalue weighted by Crippen LogP contribution is -2.22. The smallest absolute Gasteiger partial charge is 0.243 e. The van der Waals surface area contributed by atoms with Crippen LogP contribution in [0.3, 0.4) is 0 Å². The molecule has 2 N–H and O–H groups in total. The predicted molar refractivity (Wildman–Crippen MR) is 109 cm³/mol. The molecule has 0 heterocycles. The van der Waals surface area contributed by atoms with E-state index in [2.05, 4.69) is 10.6 Å². The number of benzene rings is 3. The molecular weight excluding hydrogens is 340 g/mol. The van der Waals surface area contributed by atoms with Crippen LogP contribution in [-0.4, -0.2) is 26.7 Å². The van der Waals surface area contributed by atoms with Gasteiger partial charge in [-0.25, -0.2) is 0 Å². The lowest BCUT2D eigenvalue weighted by Gasteiger charge is -2.13. The Bertz CT molecular complexity index is 888. The Balaban J connectivity index is 1.69. The molecule has 3 aromatic rings. The van der Waals surface area contributed by atoms with Gasteiger partial charge in [-0.2, -0.15) is 0 Å². The summed E-state index contributed by atoms with van der Waals surface area (Å²) in [5.74, 6) is 1.08. The van der Waals surface area contributed by atoms with E-state index in [4.69, 9.17) is 9.47 Å². The summed E-state index contributed by atoms with van der Waals surface area (Å²) in [6, 6.07) is 23.2. The van der Waals surface area contributed by atoms with Crippen molar-refractivity contribution in [1.29, 1.82) is 0 Å². The van der Waals surface area contributed by atoms with Gasteiger partial charge in [0.2, 0.25) is 5.91 Å². The summed E-state index contributed by atoms with van der Waals surface area (Å²) in [4.78, 5) is 12.4. The molecule has 27 heavy (non-hydrogen) atoms. The van der Waals surface area contributed by atoms with E-state index < -0.39 is 0 Å². The standard InChI is InChI=1S/C22H22N2O3/c1-26-18-12-17(13-19(14-18)27-2)24-22(25)15-23-21-11-7-6-10-20(21)16-8-4-3-5-9-16/h3-14,23H,15H2,1-2H3,(H,24,25). The van der Waals surface area contributed by atoms with E-state index in [-0.39, 0.29) is 12.5 Å². The molecule has 0 aliphatic carbocycles. The number of carbonyl (C=O) groups excluding carboxylic acids is 1. The van der Waals surface area contributed by atoms with Crippen LogP contribution in [0.5, 0.6) is 11.5 Å². The fourth-order valence-electron chi connectivity index (χ4n) is 2.77. The molecule has 0 fully saturated rings. The maximum Gasteiger partial charge on any atom is 0.243 e. The quantitative estimate of drug-likeness (QED) is 0.653. The van der Waals surface area contributed by atoms with E-state index in [0.717, 1.165) is 16.8 Å². The maximum atomic E-state index is 12.4. The van der Waals surface area contributed by atoms with E-state index in [1.54, 1.807) is 32.4 Å². The molecule has 0 spiro atoms. The number of rotatable bonds is 7. The van der Waals surface area contributed by atoms with Gasteiger partial charge in [0.1, 0.15) is 11.5 Å². The number of ether oxygens (including phenoxy) is 2. The highest BCUT2D eigenvalue weighted by Crippen LogP contribution is 2.28. The molecule has 138 valence electrons. The van der Waals surface area contributed by atoms with E-state index in [1.165, 1.54) is 0 Å². The van der Waals surface area contributed by atoms with Gasteiger partial charge >= 0.3 is 0 Å². The fourth-order valence-corrected chi connectivity index (χ4v) is 2.77. The van der Waals surface area contributed by atoms with Crippen molar-refractivity contribution in [2.75, 3.05) is 31.4 Å². The van der Waals surface area contributed by atoms with Crippen LogP contribution in [0.1, 0.15) is 0 Å². The molecule has 1 amide bonds. The normalized spacial score (nSPS) is 10.1. The summed E-state index contributed by atoms with van der Waals surface area (Å²) < 4.78 is 10.5. The number of methoxy groups -OCH3 is 2. The third-order valence-electron chi connectivity index (χ3n) is 4.09. The van der Waals surface area contributed by atoms with E-state index in [1.807, 2.05) is 54.6 Å². The molecular formula is C22H22N2O3. The van der Waals surface area contributed by atoms with Crippen LogP contribution in [0.4, 0.5) is 11.4 Å². The largest absolute Gasteiger partial charge is 0.497 e. The fraction of sp³-hybridized carbons (Fsp3) is 0.136. The molecule has 3 aromatic carbocycles. The minimum Gasteiger partial charge on any atom is -0.497 e. The van der Waals surface area contributed by atoms with Crippen molar-refractivity contribution in [3.63, 3.8) is 0 Å². The van der Waals surface area contributed by atoms with Crippen LogP contribution < -0.4 is 20.1 Å². The van der Waals surface area contributed by atoms with Crippen LogP contribution in [0.25, 0.3) is 11.1 Å². The Labute approximate surface area is 158 Å². The van der Waals surface area contributed by atoms with Gasteiger partial charge in [-0.1, -0.05) is 48.5 Å². The second kappa shape index (κ2) is 8.76. The molecule has 0 bridgehead atoms. The van der Waals surface area contributed by atoms with Gasteiger partial charge in [0.05, 0.1) is 20.8 Å². The second-order valence-corrected chi connectivity index (χ2v) is 5.91. The molecule has 0 saturated carbocycles. The minimum absolute atomic E-state index is 0.142. The summed E-state index contributed by atoms with van der Waals surface area (Å²) in [6.07, 6.45) is 0. The number of hydrogen-bond donors (Lipinski definition) is 2. The predicted octanol–water partition coefficient (Wildman–Crippen LogP) is 4.42. The maximum absolute atomic E-state index is 12.4. The minimum atomic E-state index is -0.159. The van der Waals surface area contributed by atoms with Crippen LogP contribution >= 0.6 is 0 Å². The first-order valence-corrected chi connectivity index (χ1v) is 8.61. The molecule has 3 rings (SSSR count). The first-order valence-electron chi connectivity index (χ1n) is 8.61. The molecule has 0 aliphatic heterocycles. The number of nitrogens with one attached hydrogen (secondary N) is 2. The third kappa shape index (κ3) is 4.79. The second-order valence-electron chi connectivity index (χ2n) is 5.91. The monoisotopic (exact) mass is 362 g/mol. The van der Waals surface area contributed by atoms with Gasteiger partial charge in [-0.05, 0) is 11.6 Å². The summed E-state index contributed by atoms with van der Waals surface area (Å²) in [5, 5.41) is 6.07. The molecule has 0 aromatic heterocycles. The summed E-state index contributed by atoms with van der Waals surface area (Å²) in [6.45, 7) is 0.142. The molecule has 0 unspecified atom stereocenters. The van der Waals surface area contributed by atoms with Gasteiger partial charge < -0.3 is 20.1 Å². The molecule has 5 nitrogen and oxygen atoms in total. The number of amides is 1. The van der Waals surface area contributed by atoms with Gasteiger partial charge in [0.25, 0.3) is 0 Å². The van der Waals surface area contributed by atoms with Gasteiger partial charge in [0.15, 0.2) is 0 Å². The lowest BCUT2D eigenvalue weighted by molar-refractivity contribution is -0.114. The average Bonchev–Trinajstić information content (AvgIpc) is 2.72. The van der Waals surface area contributed by atoms with Gasteiger partial charge in [-0.15, -0.1) is 0 Å². The van der Waals surface area contributed by atoms with Crippen molar-refractivity contribution in [2.24, 2.45) is 0 Å². The van der Waals surface area contributed by atoms with Gasteiger partial charge in [0, 0.05) is 35.1 Å². The van der Waals surface area contributed by atoms with Crippen LogP contribution in [0, 0.1) is 0 Å². The Hall–Kier alpha value is -3.47. The van der Waals surface area contributed by atoms with Crippen molar-refractivity contribution in [2.45, 2.75) is 0 Å². The van der Waals surface area contributed by atoms with Crippen LogP contribution in [0.15, 0.2) is 72.8 Å². The first kappa shape index (κ1) is 18.3. The zero-order chi connectivity index (χ0) is 19.1. The molecule has 0 atom stereocenters. The molecule has 0 aliphatic rings. The Morgan fingerprint density at radius 2 is 1.48 bits per heavy atom. The van der Waals surface area contributed by atoms with Crippen LogP contribution in [0.2, 0.25) is 0 Å². The van der Waals surface area contributed by atoms with Crippen molar-refractivity contribution in [3.8, 4) is 22.6 Å². The molecule has 5 heteroatoms.